The lowest BCUT2D eigenvalue weighted by Gasteiger charge is -2.11. The van der Waals surface area contributed by atoms with Crippen LogP contribution >= 0.6 is 11.3 Å². The Morgan fingerprint density at radius 3 is 2.55 bits per heavy atom. The second kappa shape index (κ2) is 3.32. The first-order valence-electron chi connectivity index (χ1n) is 3.79. The number of nitrogens with zero attached hydrogens (tertiary/aromatic N) is 1. The van der Waals surface area contributed by atoms with Crippen molar-refractivity contribution in [3.05, 3.63) is 16.1 Å². The van der Waals surface area contributed by atoms with Gasteiger partial charge >= 0.3 is 0 Å². The monoisotopic (exact) mass is 170 g/mol. The maximum Gasteiger partial charge on any atom is 0.0897 e. The van der Waals surface area contributed by atoms with Crippen LogP contribution in [0.25, 0.3) is 0 Å². The van der Waals surface area contributed by atoms with Crippen molar-refractivity contribution < 1.29 is 0 Å². The minimum atomic E-state index is 0.191. The normalized spacial score (nSPS) is 16.4. The van der Waals surface area contributed by atoms with Gasteiger partial charge in [-0.25, -0.2) is 4.98 Å². The van der Waals surface area contributed by atoms with E-state index in [2.05, 4.69) is 17.3 Å². The maximum atomic E-state index is 5.74. The first-order valence-corrected chi connectivity index (χ1v) is 4.67. The fourth-order valence-electron chi connectivity index (χ4n) is 0.859. The molecular formula is C8H14N2S. The minimum Gasteiger partial charge on any atom is -0.327 e. The smallest absolute Gasteiger partial charge is 0.0897 e. The Morgan fingerprint density at radius 2 is 2.18 bits per heavy atom. The molecule has 0 aromatic carbocycles. The summed E-state index contributed by atoms with van der Waals surface area (Å²) in [5.74, 6) is 0.375. The van der Waals surface area contributed by atoms with Gasteiger partial charge in [-0.15, -0.1) is 11.3 Å². The average Bonchev–Trinajstić information content (AvgIpc) is 2.34. The van der Waals surface area contributed by atoms with Crippen LogP contribution in [0.5, 0.6) is 0 Å². The number of aryl methyl sites for hydroxylation is 1. The van der Waals surface area contributed by atoms with Crippen LogP contribution in [-0.4, -0.2) is 11.0 Å². The predicted molar refractivity (Wildman–Crippen MR) is 48.9 cm³/mol. The molecule has 0 aliphatic rings. The molecule has 0 fully saturated rings. The zero-order valence-electron chi connectivity index (χ0n) is 7.16. The molecule has 62 valence electrons. The van der Waals surface area contributed by atoms with Crippen LogP contribution in [0.4, 0.5) is 0 Å². The Balaban J connectivity index is 2.76. The molecule has 0 saturated heterocycles. The van der Waals surface area contributed by atoms with E-state index in [-0.39, 0.29) is 6.04 Å². The van der Waals surface area contributed by atoms with Crippen molar-refractivity contribution in [2.24, 2.45) is 5.73 Å². The van der Waals surface area contributed by atoms with Crippen LogP contribution in [0.15, 0.2) is 5.38 Å². The van der Waals surface area contributed by atoms with Gasteiger partial charge in [0.25, 0.3) is 0 Å². The van der Waals surface area contributed by atoms with Gasteiger partial charge in [-0.05, 0) is 13.8 Å². The van der Waals surface area contributed by atoms with Crippen molar-refractivity contribution in [1.29, 1.82) is 0 Å². The van der Waals surface area contributed by atoms with E-state index in [0.717, 1.165) is 10.7 Å². The van der Waals surface area contributed by atoms with Gasteiger partial charge in [0, 0.05) is 17.3 Å². The Labute approximate surface area is 71.5 Å². The van der Waals surface area contributed by atoms with E-state index < -0.39 is 0 Å². The molecule has 1 aromatic rings. The molecular weight excluding hydrogens is 156 g/mol. The van der Waals surface area contributed by atoms with E-state index in [1.807, 2.05) is 13.8 Å². The summed E-state index contributed by atoms with van der Waals surface area (Å²) in [4.78, 5) is 4.37. The molecule has 0 aliphatic heterocycles. The zero-order chi connectivity index (χ0) is 8.43. The van der Waals surface area contributed by atoms with E-state index in [9.17, 15) is 0 Å². The lowest BCUT2D eigenvalue weighted by molar-refractivity contribution is 0.600. The Bertz CT molecular complexity index is 230. The van der Waals surface area contributed by atoms with Crippen LogP contribution in [0.2, 0.25) is 0 Å². The number of hydrogen-bond donors (Lipinski definition) is 1. The molecule has 1 rings (SSSR count). The highest BCUT2D eigenvalue weighted by Crippen LogP contribution is 2.19. The molecule has 1 heterocycles. The Morgan fingerprint density at radius 1 is 1.55 bits per heavy atom. The third kappa shape index (κ3) is 2.01. The van der Waals surface area contributed by atoms with Crippen molar-refractivity contribution in [1.82, 2.24) is 4.98 Å². The van der Waals surface area contributed by atoms with E-state index in [1.165, 1.54) is 0 Å². The third-order valence-electron chi connectivity index (χ3n) is 1.89. The van der Waals surface area contributed by atoms with Crippen molar-refractivity contribution in [3.63, 3.8) is 0 Å². The third-order valence-corrected chi connectivity index (χ3v) is 2.68. The summed E-state index contributed by atoms with van der Waals surface area (Å²) >= 11 is 1.68. The molecule has 2 unspecified atom stereocenters. The van der Waals surface area contributed by atoms with Gasteiger partial charge in [0.15, 0.2) is 0 Å². The number of thiazole rings is 1. The van der Waals surface area contributed by atoms with E-state index in [1.54, 1.807) is 11.3 Å². The van der Waals surface area contributed by atoms with Gasteiger partial charge < -0.3 is 5.73 Å². The van der Waals surface area contributed by atoms with Crippen LogP contribution in [0.3, 0.4) is 0 Å². The van der Waals surface area contributed by atoms with Crippen molar-refractivity contribution >= 4 is 11.3 Å². The topological polar surface area (TPSA) is 38.9 Å². The second-order valence-corrected chi connectivity index (χ2v) is 4.00. The largest absolute Gasteiger partial charge is 0.327 e. The molecule has 2 nitrogen and oxygen atoms in total. The van der Waals surface area contributed by atoms with Crippen LogP contribution in [-0.2, 0) is 0 Å². The van der Waals surface area contributed by atoms with Gasteiger partial charge in [-0.1, -0.05) is 6.92 Å². The molecule has 0 spiro atoms. The summed E-state index contributed by atoms with van der Waals surface area (Å²) in [6.07, 6.45) is 0. The summed E-state index contributed by atoms with van der Waals surface area (Å²) in [5.41, 5.74) is 6.87. The van der Waals surface area contributed by atoms with Gasteiger partial charge in [-0.2, -0.15) is 0 Å². The molecule has 11 heavy (non-hydrogen) atoms. The molecule has 1 aromatic heterocycles. The molecule has 0 aliphatic carbocycles. The highest BCUT2D eigenvalue weighted by molar-refractivity contribution is 7.09. The molecule has 2 N–H and O–H groups in total. The predicted octanol–water partition coefficient (Wildman–Crippen LogP) is 1.90. The molecule has 0 amide bonds. The molecule has 2 atom stereocenters. The van der Waals surface area contributed by atoms with Crippen molar-refractivity contribution in [3.8, 4) is 0 Å². The standard InChI is InChI=1S/C8H14N2S/c1-5(6(2)9)8-4-11-7(3)10-8/h4-6H,9H2,1-3H3. The lowest BCUT2D eigenvalue weighted by Crippen LogP contribution is -2.22. The fraction of sp³-hybridized carbons (Fsp3) is 0.625. The Kier molecular flexibility index (Phi) is 2.62. The van der Waals surface area contributed by atoms with Crippen molar-refractivity contribution in [2.45, 2.75) is 32.7 Å². The van der Waals surface area contributed by atoms with Gasteiger partial charge in [0.2, 0.25) is 0 Å². The van der Waals surface area contributed by atoms with Crippen LogP contribution < -0.4 is 5.73 Å². The summed E-state index contributed by atoms with van der Waals surface area (Å²) in [6.45, 7) is 6.14. The van der Waals surface area contributed by atoms with Gasteiger partial charge in [0.05, 0.1) is 10.7 Å². The summed E-state index contributed by atoms with van der Waals surface area (Å²) in [5, 5.41) is 3.20. The summed E-state index contributed by atoms with van der Waals surface area (Å²) < 4.78 is 0. The SMILES string of the molecule is Cc1nc(C(C)C(C)N)cs1. The molecule has 0 radical (unpaired) electrons. The van der Waals surface area contributed by atoms with E-state index in [4.69, 9.17) is 5.73 Å². The zero-order valence-corrected chi connectivity index (χ0v) is 7.98. The quantitative estimate of drug-likeness (QED) is 0.736. The summed E-state index contributed by atoms with van der Waals surface area (Å²) in [7, 11) is 0. The van der Waals surface area contributed by atoms with Gasteiger partial charge in [0.1, 0.15) is 0 Å². The first-order chi connectivity index (χ1) is 5.11. The van der Waals surface area contributed by atoms with E-state index in [0.29, 0.717) is 5.92 Å². The molecule has 0 bridgehead atoms. The van der Waals surface area contributed by atoms with Crippen LogP contribution in [0, 0.1) is 6.92 Å². The van der Waals surface area contributed by atoms with Crippen molar-refractivity contribution in [2.75, 3.05) is 0 Å². The van der Waals surface area contributed by atoms with Crippen LogP contribution in [0.1, 0.15) is 30.5 Å². The minimum absolute atomic E-state index is 0.191. The summed E-state index contributed by atoms with van der Waals surface area (Å²) in [6, 6.07) is 0.191. The lowest BCUT2D eigenvalue weighted by atomic mass is 10.0. The molecule has 3 heteroatoms. The number of rotatable bonds is 2. The maximum absolute atomic E-state index is 5.74. The molecule has 0 saturated carbocycles. The second-order valence-electron chi connectivity index (χ2n) is 2.94. The fourth-order valence-corrected chi connectivity index (χ4v) is 1.58. The highest BCUT2D eigenvalue weighted by Gasteiger charge is 2.12. The first kappa shape index (κ1) is 8.68. The number of hydrogen-bond acceptors (Lipinski definition) is 3. The number of aromatic nitrogens is 1. The highest BCUT2D eigenvalue weighted by atomic mass is 32.1. The Hall–Kier alpha value is -0.410. The number of nitrogens with two attached hydrogens (primary N) is 1. The average molecular weight is 170 g/mol. The van der Waals surface area contributed by atoms with Gasteiger partial charge in [-0.3, -0.25) is 0 Å². The van der Waals surface area contributed by atoms with E-state index >= 15 is 0 Å².